The summed E-state index contributed by atoms with van der Waals surface area (Å²) in [6.45, 7) is 0. The minimum atomic E-state index is -0.546. The average molecular weight is 248 g/mol. The number of nitrogens with zero attached hydrogens (tertiary/aromatic N) is 5. The molecule has 0 atom stereocenters. The van der Waals surface area contributed by atoms with Gasteiger partial charge < -0.3 is 10.9 Å². The molecule has 0 saturated heterocycles. The summed E-state index contributed by atoms with van der Waals surface area (Å²) in [6, 6.07) is 3.08. The zero-order valence-electron chi connectivity index (χ0n) is 8.96. The second kappa shape index (κ2) is 4.49. The van der Waals surface area contributed by atoms with Crippen LogP contribution in [0.15, 0.2) is 35.9 Å². The van der Waals surface area contributed by atoms with Gasteiger partial charge in [0.25, 0.3) is 0 Å². The normalized spacial score (nSPS) is 11.4. The molecular formula is C9H8N6O3. The van der Waals surface area contributed by atoms with E-state index in [2.05, 4.69) is 15.2 Å². The smallest absolute Gasteiger partial charge is 0.307 e. The van der Waals surface area contributed by atoms with Crippen LogP contribution in [-0.2, 0) is 0 Å². The molecule has 3 N–H and O–H groups in total. The number of nitrogens with two attached hydrogens (primary N) is 1. The Morgan fingerprint density at radius 1 is 1.61 bits per heavy atom. The summed E-state index contributed by atoms with van der Waals surface area (Å²) in [6.07, 6.45) is 3.81. The lowest BCUT2D eigenvalue weighted by molar-refractivity contribution is -0.384. The number of rotatable bonds is 3. The summed E-state index contributed by atoms with van der Waals surface area (Å²) in [5.41, 5.74) is 6.02. The van der Waals surface area contributed by atoms with Crippen LogP contribution in [-0.4, -0.2) is 30.7 Å². The van der Waals surface area contributed by atoms with Crippen LogP contribution in [0.25, 0.3) is 5.69 Å². The molecule has 0 aliphatic rings. The van der Waals surface area contributed by atoms with E-state index < -0.39 is 4.92 Å². The first kappa shape index (κ1) is 11.5. The molecule has 2 heterocycles. The molecule has 18 heavy (non-hydrogen) atoms. The number of amidine groups is 1. The van der Waals surface area contributed by atoms with E-state index in [0.717, 1.165) is 6.20 Å². The fourth-order valence-corrected chi connectivity index (χ4v) is 1.30. The quantitative estimate of drug-likeness (QED) is 0.263. The zero-order valence-corrected chi connectivity index (χ0v) is 8.96. The van der Waals surface area contributed by atoms with Gasteiger partial charge in [0.1, 0.15) is 18.1 Å². The lowest BCUT2D eigenvalue weighted by Gasteiger charge is -2.02. The SMILES string of the molecule is N/C(=N/O)c1cc(-n2cc([N+](=O)[O-])cn2)ccn1. The molecule has 0 amide bonds. The highest BCUT2D eigenvalue weighted by Crippen LogP contribution is 2.13. The Hall–Kier alpha value is -2.97. The zero-order chi connectivity index (χ0) is 13.1. The Bertz CT molecular complexity index is 620. The molecule has 0 unspecified atom stereocenters. The van der Waals surface area contributed by atoms with Gasteiger partial charge in [-0.3, -0.25) is 15.1 Å². The lowest BCUT2D eigenvalue weighted by atomic mass is 10.3. The molecule has 0 aromatic carbocycles. The van der Waals surface area contributed by atoms with Gasteiger partial charge in [-0.2, -0.15) is 5.10 Å². The maximum Gasteiger partial charge on any atom is 0.307 e. The third-order valence-corrected chi connectivity index (χ3v) is 2.16. The van der Waals surface area contributed by atoms with Crippen molar-refractivity contribution < 1.29 is 10.1 Å². The maximum absolute atomic E-state index is 10.5. The summed E-state index contributed by atoms with van der Waals surface area (Å²) in [5.74, 6) is -0.154. The summed E-state index contributed by atoms with van der Waals surface area (Å²) < 4.78 is 1.30. The van der Waals surface area contributed by atoms with Crippen LogP contribution >= 0.6 is 0 Å². The van der Waals surface area contributed by atoms with E-state index in [1.807, 2.05) is 0 Å². The minimum absolute atomic E-state index is 0.128. The second-order valence-corrected chi connectivity index (χ2v) is 3.28. The monoisotopic (exact) mass is 248 g/mol. The standard InChI is InChI=1S/C9H8N6O3/c10-9(13-16)8-3-6(1-2-11-8)14-5-7(4-12-14)15(17)18/h1-5,16H,(H2,10,13). The topological polar surface area (TPSA) is 132 Å². The number of hydrogen-bond donors (Lipinski definition) is 2. The van der Waals surface area contributed by atoms with E-state index in [-0.39, 0.29) is 17.2 Å². The molecule has 0 saturated carbocycles. The third-order valence-electron chi connectivity index (χ3n) is 2.16. The largest absolute Gasteiger partial charge is 0.409 e. The Morgan fingerprint density at radius 2 is 2.39 bits per heavy atom. The van der Waals surface area contributed by atoms with Gasteiger partial charge in [0.2, 0.25) is 0 Å². The van der Waals surface area contributed by atoms with Crippen LogP contribution < -0.4 is 5.73 Å². The predicted molar refractivity (Wildman–Crippen MR) is 60.5 cm³/mol. The third kappa shape index (κ3) is 2.09. The second-order valence-electron chi connectivity index (χ2n) is 3.28. The van der Waals surface area contributed by atoms with Crippen molar-refractivity contribution in [2.24, 2.45) is 10.9 Å². The molecule has 0 bridgehead atoms. The van der Waals surface area contributed by atoms with Crippen LogP contribution in [0.5, 0.6) is 0 Å². The summed E-state index contributed by atoms with van der Waals surface area (Å²) in [7, 11) is 0. The molecule has 2 aromatic rings. The highest BCUT2D eigenvalue weighted by atomic mass is 16.6. The van der Waals surface area contributed by atoms with Crippen molar-refractivity contribution in [2.75, 3.05) is 0 Å². The van der Waals surface area contributed by atoms with E-state index in [9.17, 15) is 10.1 Å². The number of nitro groups is 1. The first-order chi connectivity index (χ1) is 8.61. The Morgan fingerprint density at radius 3 is 3.00 bits per heavy atom. The van der Waals surface area contributed by atoms with Crippen molar-refractivity contribution in [1.82, 2.24) is 14.8 Å². The summed E-state index contributed by atoms with van der Waals surface area (Å²) >= 11 is 0. The van der Waals surface area contributed by atoms with Crippen molar-refractivity contribution in [2.45, 2.75) is 0 Å². The number of oxime groups is 1. The number of pyridine rings is 1. The van der Waals surface area contributed by atoms with Crippen LogP contribution in [0.1, 0.15) is 5.69 Å². The number of hydrogen-bond acceptors (Lipinski definition) is 6. The van der Waals surface area contributed by atoms with E-state index in [0.29, 0.717) is 5.69 Å². The molecule has 0 aliphatic heterocycles. The molecule has 0 radical (unpaired) electrons. The van der Waals surface area contributed by atoms with Crippen molar-refractivity contribution in [3.8, 4) is 5.69 Å². The van der Waals surface area contributed by atoms with Gasteiger partial charge in [-0.1, -0.05) is 5.16 Å². The van der Waals surface area contributed by atoms with Crippen molar-refractivity contribution in [1.29, 1.82) is 0 Å². The molecule has 92 valence electrons. The van der Waals surface area contributed by atoms with Crippen LogP contribution in [0.3, 0.4) is 0 Å². The van der Waals surface area contributed by atoms with Gasteiger partial charge in [0.05, 0.1) is 10.6 Å². The Kier molecular flexibility index (Phi) is 2.87. The van der Waals surface area contributed by atoms with Crippen LogP contribution in [0.2, 0.25) is 0 Å². The van der Waals surface area contributed by atoms with E-state index in [4.69, 9.17) is 10.9 Å². The fraction of sp³-hybridized carbons (Fsp3) is 0. The molecule has 2 aromatic heterocycles. The predicted octanol–water partition coefficient (Wildman–Crippen LogP) is 0.270. The van der Waals surface area contributed by atoms with E-state index >= 15 is 0 Å². The van der Waals surface area contributed by atoms with Crippen LogP contribution in [0.4, 0.5) is 5.69 Å². The molecule has 9 heteroatoms. The minimum Gasteiger partial charge on any atom is -0.409 e. The first-order valence-electron chi connectivity index (χ1n) is 4.75. The highest BCUT2D eigenvalue weighted by Gasteiger charge is 2.11. The summed E-state index contributed by atoms with van der Waals surface area (Å²) in [4.78, 5) is 13.9. The van der Waals surface area contributed by atoms with Crippen molar-refractivity contribution in [3.63, 3.8) is 0 Å². The Balaban J connectivity index is 2.41. The number of aromatic nitrogens is 3. The molecule has 2 rings (SSSR count). The molecule has 0 spiro atoms. The van der Waals surface area contributed by atoms with E-state index in [1.165, 1.54) is 23.1 Å². The lowest BCUT2D eigenvalue weighted by Crippen LogP contribution is -2.15. The van der Waals surface area contributed by atoms with Gasteiger partial charge in [-0.25, -0.2) is 4.68 Å². The first-order valence-corrected chi connectivity index (χ1v) is 4.75. The van der Waals surface area contributed by atoms with Crippen molar-refractivity contribution >= 4 is 11.5 Å². The van der Waals surface area contributed by atoms with Gasteiger partial charge in [0.15, 0.2) is 5.84 Å². The van der Waals surface area contributed by atoms with Gasteiger partial charge in [0, 0.05) is 6.20 Å². The van der Waals surface area contributed by atoms with Gasteiger partial charge >= 0.3 is 5.69 Å². The van der Waals surface area contributed by atoms with Crippen molar-refractivity contribution in [3.05, 3.63) is 46.5 Å². The van der Waals surface area contributed by atoms with Crippen LogP contribution in [0, 0.1) is 10.1 Å². The highest BCUT2D eigenvalue weighted by molar-refractivity contribution is 5.95. The maximum atomic E-state index is 10.5. The Labute approximate surface area is 100 Å². The van der Waals surface area contributed by atoms with Gasteiger partial charge in [-0.05, 0) is 12.1 Å². The average Bonchev–Trinajstić information content (AvgIpc) is 2.88. The van der Waals surface area contributed by atoms with E-state index in [1.54, 1.807) is 6.07 Å². The fourth-order valence-electron chi connectivity index (χ4n) is 1.30. The summed E-state index contributed by atoms with van der Waals surface area (Å²) in [5, 5.41) is 25.7. The molecular weight excluding hydrogens is 240 g/mol. The molecule has 0 aliphatic carbocycles. The molecule has 9 nitrogen and oxygen atoms in total. The van der Waals surface area contributed by atoms with Gasteiger partial charge in [-0.15, -0.1) is 0 Å². The molecule has 0 fully saturated rings.